The van der Waals surface area contributed by atoms with E-state index in [1.54, 1.807) is 0 Å². The maximum absolute atomic E-state index is 11.8. The van der Waals surface area contributed by atoms with Gasteiger partial charge < -0.3 is 15.5 Å². The molecule has 3 N–H and O–H groups in total. The molecule has 0 aromatic heterocycles. The number of non-ortho nitro benzene ring substituents is 1. The summed E-state index contributed by atoms with van der Waals surface area (Å²) in [5.74, 6) is -1.82. The van der Waals surface area contributed by atoms with Crippen molar-refractivity contribution in [2.24, 2.45) is 0 Å². The maximum Gasteiger partial charge on any atom is 0.306 e. The minimum absolute atomic E-state index is 0.0605. The number of carbonyl (C=O) groups excluding carboxylic acids is 1. The molecule has 1 aromatic rings. The monoisotopic (exact) mass is 282 g/mol. The molecule has 20 heavy (non-hydrogen) atoms. The van der Waals surface area contributed by atoms with Gasteiger partial charge in [0.1, 0.15) is 0 Å². The van der Waals surface area contributed by atoms with Gasteiger partial charge >= 0.3 is 5.97 Å². The normalized spacial score (nSPS) is 13.3. The maximum atomic E-state index is 11.8. The Hall–Kier alpha value is -2.48. The highest BCUT2D eigenvalue weighted by Crippen LogP contribution is 2.13. The molecule has 1 aromatic carbocycles. The van der Waals surface area contributed by atoms with E-state index in [9.17, 15) is 24.8 Å². The minimum atomic E-state index is -1.60. The zero-order valence-corrected chi connectivity index (χ0v) is 10.7. The fraction of sp³-hybridized carbons (Fsp3) is 0.333. The number of nitro benzene ring substituents is 1. The van der Waals surface area contributed by atoms with E-state index in [4.69, 9.17) is 5.11 Å². The number of nitro groups is 1. The number of amides is 1. The van der Waals surface area contributed by atoms with Crippen molar-refractivity contribution in [3.63, 3.8) is 0 Å². The fourth-order valence-electron chi connectivity index (χ4n) is 1.52. The molecular weight excluding hydrogens is 268 g/mol. The second-order valence-electron chi connectivity index (χ2n) is 4.56. The number of benzene rings is 1. The summed E-state index contributed by atoms with van der Waals surface area (Å²) >= 11 is 0. The molecule has 0 heterocycles. The van der Waals surface area contributed by atoms with Gasteiger partial charge in [-0.3, -0.25) is 19.7 Å². The van der Waals surface area contributed by atoms with E-state index in [-0.39, 0.29) is 17.8 Å². The molecule has 1 rings (SSSR count). The number of hydrogen-bond donors (Lipinski definition) is 3. The molecule has 0 spiro atoms. The van der Waals surface area contributed by atoms with Crippen molar-refractivity contribution < 1.29 is 24.7 Å². The fourth-order valence-corrected chi connectivity index (χ4v) is 1.52. The van der Waals surface area contributed by atoms with Crippen molar-refractivity contribution in [2.75, 3.05) is 6.54 Å². The summed E-state index contributed by atoms with van der Waals surface area (Å²) in [6.45, 7) is 0.996. The molecule has 0 aliphatic carbocycles. The van der Waals surface area contributed by atoms with Crippen LogP contribution in [0.25, 0.3) is 0 Å². The van der Waals surface area contributed by atoms with Crippen LogP contribution in [0.15, 0.2) is 24.3 Å². The Morgan fingerprint density at radius 1 is 1.45 bits per heavy atom. The summed E-state index contributed by atoms with van der Waals surface area (Å²) in [6, 6.07) is 5.09. The molecule has 0 bridgehead atoms. The third-order valence-corrected chi connectivity index (χ3v) is 2.48. The van der Waals surface area contributed by atoms with E-state index in [0.717, 1.165) is 6.07 Å². The Bertz CT molecular complexity index is 541. The van der Waals surface area contributed by atoms with Gasteiger partial charge in [0.25, 0.3) is 11.6 Å². The summed E-state index contributed by atoms with van der Waals surface area (Å²) in [7, 11) is 0. The van der Waals surface area contributed by atoms with Gasteiger partial charge in [-0.1, -0.05) is 6.07 Å². The number of nitrogens with zero attached hydrogens (tertiary/aromatic N) is 1. The molecular formula is C12H14N2O6. The lowest BCUT2D eigenvalue weighted by atomic mass is 10.0. The number of aliphatic carboxylic acids is 1. The third-order valence-electron chi connectivity index (χ3n) is 2.48. The molecule has 0 saturated heterocycles. The molecule has 108 valence electrons. The smallest absolute Gasteiger partial charge is 0.306 e. The van der Waals surface area contributed by atoms with Gasteiger partial charge in [-0.25, -0.2) is 0 Å². The van der Waals surface area contributed by atoms with E-state index in [1.807, 2.05) is 0 Å². The standard InChI is InChI=1S/C12H14N2O6/c1-12(18,6-10(15)16)7-13-11(17)8-3-2-4-9(5-8)14(19)20/h2-5,18H,6-7H2,1H3,(H,13,17)(H,15,16). The first-order chi connectivity index (χ1) is 9.21. The van der Waals surface area contributed by atoms with E-state index in [1.165, 1.54) is 25.1 Å². The second-order valence-corrected chi connectivity index (χ2v) is 4.56. The van der Waals surface area contributed by atoms with Crippen LogP contribution in [0.4, 0.5) is 5.69 Å². The summed E-state index contributed by atoms with van der Waals surface area (Å²) < 4.78 is 0. The van der Waals surface area contributed by atoms with Crippen molar-refractivity contribution in [3.8, 4) is 0 Å². The van der Waals surface area contributed by atoms with E-state index in [2.05, 4.69) is 5.32 Å². The van der Waals surface area contributed by atoms with Crippen molar-refractivity contribution in [1.29, 1.82) is 0 Å². The lowest BCUT2D eigenvalue weighted by molar-refractivity contribution is -0.384. The Labute approximate surface area is 114 Å². The van der Waals surface area contributed by atoms with Crippen LogP contribution in [0.1, 0.15) is 23.7 Å². The van der Waals surface area contributed by atoms with Crippen molar-refractivity contribution >= 4 is 17.6 Å². The quantitative estimate of drug-likeness (QED) is 0.516. The Balaban J connectivity index is 2.70. The Kier molecular flexibility index (Phi) is 4.76. The Morgan fingerprint density at radius 2 is 2.10 bits per heavy atom. The van der Waals surface area contributed by atoms with Gasteiger partial charge in [0.05, 0.1) is 16.9 Å². The van der Waals surface area contributed by atoms with Gasteiger partial charge in [0.2, 0.25) is 0 Å². The van der Waals surface area contributed by atoms with Crippen LogP contribution in [0, 0.1) is 10.1 Å². The molecule has 0 radical (unpaired) electrons. The third kappa shape index (κ3) is 4.65. The van der Waals surface area contributed by atoms with E-state index >= 15 is 0 Å². The van der Waals surface area contributed by atoms with Crippen LogP contribution >= 0.6 is 0 Å². The first-order valence-electron chi connectivity index (χ1n) is 5.68. The molecule has 0 aliphatic heterocycles. The lowest BCUT2D eigenvalue weighted by Gasteiger charge is -2.21. The van der Waals surface area contributed by atoms with Crippen LogP contribution in [0.3, 0.4) is 0 Å². The molecule has 1 atom stereocenters. The molecule has 8 nitrogen and oxygen atoms in total. The number of nitrogens with one attached hydrogen (secondary N) is 1. The average Bonchev–Trinajstić information content (AvgIpc) is 2.34. The largest absolute Gasteiger partial charge is 0.481 e. The number of carbonyl (C=O) groups is 2. The molecule has 8 heteroatoms. The van der Waals surface area contributed by atoms with Gasteiger partial charge in [0.15, 0.2) is 0 Å². The summed E-state index contributed by atoms with van der Waals surface area (Å²) in [5.41, 5.74) is -1.76. The minimum Gasteiger partial charge on any atom is -0.481 e. The number of carboxylic acid groups (broad SMARTS) is 1. The van der Waals surface area contributed by atoms with Crippen LogP contribution in [-0.4, -0.2) is 39.2 Å². The number of hydrogen-bond acceptors (Lipinski definition) is 5. The molecule has 1 unspecified atom stereocenters. The van der Waals surface area contributed by atoms with Crippen molar-refractivity contribution in [3.05, 3.63) is 39.9 Å². The molecule has 0 fully saturated rings. The lowest BCUT2D eigenvalue weighted by Crippen LogP contribution is -2.42. The first kappa shape index (κ1) is 15.6. The zero-order valence-electron chi connectivity index (χ0n) is 10.7. The number of aliphatic hydroxyl groups is 1. The summed E-state index contributed by atoms with van der Waals surface area (Å²) in [6.07, 6.45) is -0.526. The van der Waals surface area contributed by atoms with Crippen LogP contribution in [0.5, 0.6) is 0 Å². The number of rotatable bonds is 6. The Morgan fingerprint density at radius 3 is 2.65 bits per heavy atom. The van der Waals surface area contributed by atoms with Crippen molar-refractivity contribution in [2.45, 2.75) is 18.9 Å². The van der Waals surface area contributed by atoms with Crippen LogP contribution in [0.2, 0.25) is 0 Å². The highest BCUT2D eigenvalue weighted by molar-refractivity contribution is 5.94. The van der Waals surface area contributed by atoms with Crippen molar-refractivity contribution in [1.82, 2.24) is 5.32 Å². The van der Waals surface area contributed by atoms with Gasteiger partial charge in [-0.05, 0) is 13.0 Å². The SMILES string of the molecule is CC(O)(CNC(=O)c1cccc([N+](=O)[O-])c1)CC(=O)O. The second kappa shape index (κ2) is 6.11. The van der Waals surface area contributed by atoms with E-state index in [0.29, 0.717) is 0 Å². The predicted octanol–water partition coefficient (Wildman–Crippen LogP) is 0.550. The topological polar surface area (TPSA) is 130 Å². The molecule has 0 saturated carbocycles. The summed E-state index contributed by atoms with van der Waals surface area (Å²) in [4.78, 5) is 32.2. The summed E-state index contributed by atoms with van der Waals surface area (Å²) in [5, 5.41) is 31.2. The van der Waals surface area contributed by atoms with E-state index < -0.39 is 28.8 Å². The molecule has 0 aliphatic rings. The van der Waals surface area contributed by atoms with Gasteiger partial charge in [0, 0.05) is 24.2 Å². The van der Waals surface area contributed by atoms with Gasteiger partial charge in [-0.15, -0.1) is 0 Å². The highest BCUT2D eigenvalue weighted by Gasteiger charge is 2.25. The first-order valence-corrected chi connectivity index (χ1v) is 5.68. The van der Waals surface area contributed by atoms with Crippen LogP contribution < -0.4 is 5.32 Å². The average molecular weight is 282 g/mol. The van der Waals surface area contributed by atoms with Crippen LogP contribution in [-0.2, 0) is 4.79 Å². The predicted molar refractivity (Wildman–Crippen MR) is 68.3 cm³/mol. The van der Waals surface area contributed by atoms with Gasteiger partial charge in [-0.2, -0.15) is 0 Å². The zero-order chi connectivity index (χ0) is 15.3. The number of carboxylic acids is 1. The molecule has 1 amide bonds. The highest BCUT2D eigenvalue weighted by atomic mass is 16.6.